The summed E-state index contributed by atoms with van der Waals surface area (Å²) < 4.78 is 18.5. The van der Waals surface area contributed by atoms with Crippen molar-refractivity contribution in [1.29, 1.82) is 0 Å². The molecule has 1 heterocycles. The smallest absolute Gasteiger partial charge is 0.232 e. The van der Waals surface area contributed by atoms with Gasteiger partial charge in [-0.15, -0.1) is 0 Å². The van der Waals surface area contributed by atoms with E-state index in [1.165, 1.54) is 12.1 Å². The fourth-order valence-corrected chi connectivity index (χ4v) is 1.72. The van der Waals surface area contributed by atoms with Crippen LogP contribution in [0.4, 0.5) is 21.8 Å². The predicted molar refractivity (Wildman–Crippen MR) is 83.1 cm³/mol. The van der Waals surface area contributed by atoms with Crippen LogP contribution in [0.5, 0.6) is 5.88 Å². The van der Waals surface area contributed by atoms with Crippen molar-refractivity contribution in [2.24, 2.45) is 0 Å². The molecule has 0 saturated carbocycles. The fourth-order valence-electron chi connectivity index (χ4n) is 1.72. The topological polar surface area (TPSA) is 79.3 Å². The lowest BCUT2D eigenvalue weighted by Gasteiger charge is -2.13. The Kier molecular flexibility index (Phi) is 5.48. The Morgan fingerprint density at radius 3 is 2.59 bits per heavy atom. The number of ether oxygens (including phenoxy) is 1. The van der Waals surface area contributed by atoms with Crippen LogP contribution in [0.3, 0.4) is 0 Å². The summed E-state index contributed by atoms with van der Waals surface area (Å²) in [6, 6.07) is 7.54. The summed E-state index contributed by atoms with van der Waals surface area (Å²) in [5, 5.41) is 14.8. The minimum atomic E-state index is -0.311. The highest BCUT2D eigenvalue weighted by molar-refractivity contribution is 5.55. The fraction of sp³-hybridized carbons (Fsp3) is 0.333. The molecule has 0 aliphatic rings. The monoisotopic (exact) mass is 306 g/mol. The van der Waals surface area contributed by atoms with Crippen molar-refractivity contribution in [3.8, 4) is 5.88 Å². The van der Waals surface area contributed by atoms with Gasteiger partial charge in [-0.3, -0.25) is 0 Å². The van der Waals surface area contributed by atoms with Crippen molar-refractivity contribution in [2.75, 3.05) is 23.8 Å². The van der Waals surface area contributed by atoms with E-state index in [0.717, 1.165) is 0 Å². The van der Waals surface area contributed by atoms with Crippen LogP contribution in [0.25, 0.3) is 0 Å². The third kappa shape index (κ3) is 4.85. The van der Waals surface area contributed by atoms with E-state index in [0.29, 0.717) is 29.9 Å². The standard InChI is InChI=1S/C15H19FN4O2/c1-10(2)22-14-9-13(17-7-8-21)19-15(20-14)18-12-5-3-11(16)4-6-12/h3-6,9-10,21H,7-8H2,1-2H3,(H2,17,18,19,20). The van der Waals surface area contributed by atoms with E-state index in [1.807, 2.05) is 13.8 Å². The number of aliphatic hydroxyl groups excluding tert-OH is 1. The number of halogens is 1. The van der Waals surface area contributed by atoms with E-state index in [2.05, 4.69) is 20.6 Å². The molecule has 3 N–H and O–H groups in total. The van der Waals surface area contributed by atoms with Crippen LogP contribution in [0.2, 0.25) is 0 Å². The van der Waals surface area contributed by atoms with Gasteiger partial charge in [0.25, 0.3) is 0 Å². The molecule has 0 fully saturated rings. The molecule has 0 saturated heterocycles. The molecule has 0 spiro atoms. The quantitative estimate of drug-likeness (QED) is 0.729. The lowest BCUT2D eigenvalue weighted by Crippen LogP contribution is -2.12. The molecule has 7 heteroatoms. The van der Waals surface area contributed by atoms with Crippen LogP contribution in [0.1, 0.15) is 13.8 Å². The molecular formula is C15H19FN4O2. The van der Waals surface area contributed by atoms with E-state index in [9.17, 15) is 4.39 Å². The van der Waals surface area contributed by atoms with Gasteiger partial charge in [0.2, 0.25) is 11.8 Å². The summed E-state index contributed by atoms with van der Waals surface area (Å²) in [5.41, 5.74) is 0.663. The molecule has 22 heavy (non-hydrogen) atoms. The number of rotatable bonds is 7. The number of hydrogen-bond acceptors (Lipinski definition) is 6. The summed E-state index contributed by atoms with van der Waals surface area (Å²) in [6.45, 7) is 4.16. The van der Waals surface area contributed by atoms with Gasteiger partial charge in [0.05, 0.1) is 12.7 Å². The first-order chi connectivity index (χ1) is 10.6. The van der Waals surface area contributed by atoms with Gasteiger partial charge < -0.3 is 20.5 Å². The van der Waals surface area contributed by atoms with Crippen molar-refractivity contribution in [2.45, 2.75) is 20.0 Å². The minimum Gasteiger partial charge on any atom is -0.475 e. The highest BCUT2D eigenvalue weighted by atomic mass is 19.1. The second kappa shape index (κ2) is 7.56. The molecule has 0 aliphatic carbocycles. The summed E-state index contributed by atoms with van der Waals surface area (Å²) in [4.78, 5) is 8.54. The molecule has 0 aliphatic heterocycles. The Balaban J connectivity index is 2.21. The highest BCUT2D eigenvalue weighted by Gasteiger charge is 2.07. The number of hydrogen-bond donors (Lipinski definition) is 3. The zero-order chi connectivity index (χ0) is 15.9. The molecule has 0 amide bonds. The van der Waals surface area contributed by atoms with Gasteiger partial charge >= 0.3 is 0 Å². The Morgan fingerprint density at radius 1 is 1.23 bits per heavy atom. The Labute approximate surface area is 128 Å². The highest BCUT2D eigenvalue weighted by Crippen LogP contribution is 2.20. The van der Waals surface area contributed by atoms with E-state index in [-0.39, 0.29) is 18.5 Å². The lowest BCUT2D eigenvalue weighted by molar-refractivity contribution is 0.233. The average Bonchev–Trinajstić information content (AvgIpc) is 2.47. The van der Waals surface area contributed by atoms with Gasteiger partial charge in [-0.1, -0.05) is 0 Å². The van der Waals surface area contributed by atoms with Gasteiger partial charge in [0, 0.05) is 18.3 Å². The number of nitrogens with one attached hydrogen (secondary N) is 2. The molecule has 0 atom stereocenters. The van der Waals surface area contributed by atoms with Crippen molar-refractivity contribution in [3.63, 3.8) is 0 Å². The normalized spacial score (nSPS) is 10.6. The van der Waals surface area contributed by atoms with Crippen molar-refractivity contribution in [3.05, 3.63) is 36.1 Å². The first kappa shape index (κ1) is 16.0. The molecule has 1 aromatic heterocycles. The van der Waals surface area contributed by atoms with E-state index >= 15 is 0 Å². The van der Waals surface area contributed by atoms with Gasteiger partial charge in [-0.25, -0.2) is 4.39 Å². The SMILES string of the molecule is CC(C)Oc1cc(NCCO)nc(Nc2ccc(F)cc2)n1. The second-order valence-corrected chi connectivity index (χ2v) is 4.86. The van der Waals surface area contributed by atoms with Crippen LogP contribution >= 0.6 is 0 Å². The third-order valence-electron chi connectivity index (χ3n) is 2.58. The van der Waals surface area contributed by atoms with Crippen LogP contribution in [0, 0.1) is 5.82 Å². The number of anilines is 3. The molecule has 0 bridgehead atoms. The molecule has 118 valence electrons. The molecule has 6 nitrogen and oxygen atoms in total. The van der Waals surface area contributed by atoms with Gasteiger partial charge in [-0.2, -0.15) is 9.97 Å². The Bertz CT molecular complexity index is 605. The van der Waals surface area contributed by atoms with E-state index in [1.54, 1.807) is 18.2 Å². The molecule has 2 aromatic rings. The minimum absolute atomic E-state index is 0.00883. The molecule has 0 unspecified atom stereocenters. The molecule has 1 aromatic carbocycles. The van der Waals surface area contributed by atoms with Gasteiger partial charge in [0.1, 0.15) is 11.6 Å². The van der Waals surface area contributed by atoms with E-state index in [4.69, 9.17) is 9.84 Å². The zero-order valence-corrected chi connectivity index (χ0v) is 12.5. The summed E-state index contributed by atoms with van der Waals surface area (Å²) >= 11 is 0. The maximum absolute atomic E-state index is 12.9. The van der Waals surface area contributed by atoms with E-state index < -0.39 is 0 Å². The van der Waals surface area contributed by atoms with Crippen LogP contribution < -0.4 is 15.4 Å². The number of aromatic nitrogens is 2. The van der Waals surface area contributed by atoms with Crippen molar-refractivity contribution in [1.82, 2.24) is 9.97 Å². The average molecular weight is 306 g/mol. The Morgan fingerprint density at radius 2 is 1.95 bits per heavy atom. The van der Waals surface area contributed by atoms with Crippen LogP contribution in [-0.4, -0.2) is 34.3 Å². The summed E-state index contributed by atoms with van der Waals surface area (Å²) in [7, 11) is 0. The Hall–Kier alpha value is -2.41. The number of benzene rings is 1. The summed E-state index contributed by atoms with van der Waals surface area (Å²) in [5.74, 6) is 0.957. The maximum Gasteiger partial charge on any atom is 0.232 e. The predicted octanol–water partition coefficient (Wildman–Crippen LogP) is 2.55. The maximum atomic E-state index is 12.9. The third-order valence-corrected chi connectivity index (χ3v) is 2.58. The molecule has 0 radical (unpaired) electrons. The lowest BCUT2D eigenvalue weighted by atomic mass is 10.3. The first-order valence-corrected chi connectivity index (χ1v) is 7.00. The van der Waals surface area contributed by atoms with Crippen LogP contribution in [0.15, 0.2) is 30.3 Å². The molecular weight excluding hydrogens is 287 g/mol. The van der Waals surface area contributed by atoms with Crippen LogP contribution in [-0.2, 0) is 0 Å². The van der Waals surface area contributed by atoms with Crippen molar-refractivity contribution >= 4 is 17.5 Å². The summed E-state index contributed by atoms with van der Waals surface area (Å²) in [6.07, 6.45) is -0.0285. The largest absolute Gasteiger partial charge is 0.475 e. The zero-order valence-electron chi connectivity index (χ0n) is 12.5. The van der Waals surface area contributed by atoms with Gasteiger partial charge in [0.15, 0.2) is 0 Å². The van der Waals surface area contributed by atoms with Crippen molar-refractivity contribution < 1.29 is 14.2 Å². The number of aliphatic hydroxyl groups is 1. The molecule has 2 rings (SSSR count). The second-order valence-electron chi connectivity index (χ2n) is 4.86. The van der Waals surface area contributed by atoms with Gasteiger partial charge in [-0.05, 0) is 38.1 Å². The first-order valence-electron chi connectivity index (χ1n) is 7.00. The number of nitrogens with zero attached hydrogens (tertiary/aromatic N) is 2.